The van der Waals surface area contributed by atoms with Crippen LogP contribution >= 0.6 is 0 Å². The van der Waals surface area contributed by atoms with Gasteiger partial charge in [0.15, 0.2) is 6.61 Å². The van der Waals surface area contributed by atoms with Crippen LogP contribution in [0, 0.1) is 5.41 Å². The summed E-state index contributed by atoms with van der Waals surface area (Å²) < 4.78 is 12.9. The Balaban J connectivity index is -0.0000000709. The highest BCUT2D eigenvalue weighted by Gasteiger charge is 2.21. The number of hydrogen-bond donors (Lipinski definition) is 0. The zero-order valence-corrected chi connectivity index (χ0v) is 17.2. The van der Waals surface area contributed by atoms with Gasteiger partial charge in [0.1, 0.15) is 0 Å². The Morgan fingerprint density at radius 2 is 1.13 bits per heavy atom. The van der Waals surface area contributed by atoms with E-state index in [4.69, 9.17) is 0 Å². The molecule has 0 saturated carbocycles. The van der Waals surface area contributed by atoms with E-state index in [0.29, 0.717) is 0 Å². The molecule has 0 radical (unpaired) electrons. The van der Waals surface area contributed by atoms with Crippen molar-refractivity contribution in [3.05, 3.63) is 0 Å². The van der Waals surface area contributed by atoms with E-state index in [9.17, 15) is 14.4 Å². The molecule has 6 nitrogen and oxygen atoms in total. The van der Waals surface area contributed by atoms with Gasteiger partial charge in [-0.1, -0.05) is 41.5 Å². The summed E-state index contributed by atoms with van der Waals surface area (Å²) in [5.41, 5.74) is -0.352. The van der Waals surface area contributed by atoms with Gasteiger partial charge in [0, 0.05) is 6.92 Å². The number of rotatable bonds is 2. The molecule has 0 aliphatic rings. The fourth-order valence-corrected chi connectivity index (χ4v) is 0.526. The normalized spacial score (nSPS) is 7.83. The summed E-state index contributed by atoms with van der Waals surface area (Å²) >= 11 is 0. The molecule has 0 saturated heterocycles. The van der Waals surface area contributed by atoms with Crippen molar-refractivity contribution < 1.29 is 28.6 Å². The van der Waals surface area contributed by atoms with E-state index < -0.39 is 11.9 Å². The van der Waals surface area contributed by atoms with Gasteiger partial charge in [0.25, 0.3) is 0 Å². The van der Waals surface area contributed by atoms with Gasteiger partial charge >= 0.3 is 17.9 Å². The van der Waals surface area contributed by atoms with Crippen molar-refractivity contribution in [3.63, 3.8) is 0 Å². The smallest absolute Gasteiger partial charge is 0.344 e. The van der Waals surface area contributed by atoms with E-state index in [2.05, 4.69) is 14.2 Å². The molecule has 0 aliphatic carbocycles. The highest BCUT2D eigenvalue weighted by Crippen LogP contribution is 2.13. The van der Waals surface area contributed by atoms with Crippen LogP contribution in [0.3, 0.4) is 0 Å². The van der Waals surface area contributed by atoms with Crippen LogP contribution in [0.5, 0.6) is 0 Å². The van der Waals surface area contributed by atoms with Gasteiger partial charge < -0.3 is 14.2 Å². The number of carbonyl (C=O) groups is 3. The molecule has 0 rings (SSSR count). The van der Waals surface area contributed by atoms with E-state index >= 15 is 0 Å². The Morgan fingerprint density at radius 3 is 1.26 bits per heavy atom. The van der Waals surface area contributed by atoms with Gasteiger partial charge in [0.2, 0.25) is 0 Å². The zero-order valence-electron chi connectivity index (χ0n) is 17.2. The lowest BCUT2D eigenvalue weighted by atomic mass is 9.98. The summed E-state index contributed by atoms with van der Waals surface area (Å²) in [6, 6.07) is 0. The van der Waals surface area contributed by atoms with Crippen molar-refractivity contribution in [1.82, 2.24) is 0 Å². The van der Waals surface area contributed by atoms with Crippen LogP contribution in [0.1, 0.15) is 69.2 Å². The topological polar surface area (TPSA) is 78.9 Å². The standard InChI is InChI=1S/C6H12O2.C5H8O4.3C2H6/c1-6(2,3)5(7)8-4;1-4(6)9-3-5(7)8-2;3*1-2/h1-4H3;3H2,1-2H3;3*1-2H3. The van der Waals surface area contributed by atoms with E-state index in [1.807, 2.05) is 62.3 Å². The van der Waals surface area contributed by atoms with Crippen molar-refractivity contribution in [3.8, 4) is 0 Å². The molecule has 142 valence electrons. The minimum atomic E-state index is -0.551. The van der Waals surface area contributed by atoms with Crippen LogP contribution in [0.2, 0.25) is 0 Å². The maximum absolute atomic E-state index is 10.6. The van der Waals surface area contributed by atoms with Gasteiger partial charge in [-0.05, 0) is 20.8 Å². The summed E-state index contributed by atoms with van der Waals surface area (Å²) in [4.78, 5) is 30.9. The fraction of sp³-hybridized carbons (Fsp3) is 0.824. The molecule has 0 aliphatic heterocycles. The van der Waals surface area contributed by atoms with Gasteiger partial charge in [-0.2, -0.15) is 0 Å². The number of methoxy groups -OCH3 is 2. The molecular formula is C17H38O6. The minimum Gasteiger partial charge on any atom is -0.469 e. The first-order chi connectivity index (χ1) is 10.6. The number of hydrogen-bond acceptors (Lipinski definition) is 6. The van der Waals surface area contributed by atoms with E-state index in [1.165, 1.54) is 21.1 Å². The Kier molecular flexibility index (Phi) is 36.5. The molecule has 23 heavy (non-hydrogen) atoms. The van der Waals surface area contributed by atoms with E-state index in [1.54, 1.807) is 0 Å². The van der Waals surface area contributed by atoms with Crippen molar-refractivity contribution >= 4 is 17.9 Å². The van der Waals surface area contributed by atoms with Gasteiger partial charge in [-0.25, -0.2) is 4.79 Å². The minimum absolute atomic E-state index is 0.169. The van der Waals surface area contributed by atoms with E-state index in [0.717, 1.165) is 0 Å². The lowest BCUT2D eigenvalue weighted by molar-refractivity contribution is -0.155. The SMILES string of the molecule is CC.CC.CC.COC(=O)C(C)(C)C.COC(=O)COC(C)=O. The summed E-state index contributed by atoms with van der Waals surface area (Å²) in [6.07, 6.45) is 0. The molecule has 0 aromatic heterocycles. The highest BCUT2D eigenvalue weighted by molar-refractivity contribution is 5.75. The average Bonchev–Trinajstić information content (AvgIpc) is 2.56. The Labute approximate surface area is 142 Å². The lowest BCUT2D eigenvalue weighted by Crippen LogP contribution is -2.21. The van der Waals surface area contributed by atoms with Crippen molar-refractivity contribution in [2.24, 2.45) is 5.41 Å². The van der Waals surface area contributed by atoms with Crippen LogP contribution in [0.15, 0.2) is 0 Å². The monoisotopic (exact) mass is 338 g/mol. The van der Waals surface area contributed by atoms with Gasteiger partial charge in [0.05, 0.1) is 19.6 Å². The summed E-state index contributed by atoms with van der Waals surface area (Å²) in [6.45, 7) is 18.4. The van der Waals surface area contributed by atoms with Crippen LogP contribution in [0.25, 0.3) is 0 Å². The van der Waals surface area contributed by atoms with Gasteiger partial charge in [-0.3, -0.25) is 9.59 Å². The predicted octanol–water partition coefficient (Wildman–Crippen LogP) is 4.01. The maximum atomic E-state index is 10.6. The number of esters is 3. The largest absolute Gasteiger partial charge is 0.469 e. The molecular weight excluding hydrogens is 300 g/mol. The van der Waals surface area contributed by atoms with E-state index in [-0.39, 0.29) is 18.0 Å². The summed E-state index contributed by atoms with van der Waals surface area (Å²) in [5, 5.41) is 0. The number of ether oxygens (including phenoxy) is 3. The lowest BCUT2D eigenvalue weighted by Gasteiger charge is -2.13. The summed E-state index contributed by atoms with van der Waals surface area (Å²) in [7, 11) is 2.62. The maximum Gasteiger partial charge on any atom is 0.344 e. The summed E-state index contributed by atoms with van der Waals surface area (Å²) in [5.74, 6) is -1.21. The first-order valence-electron chi connectivity index (χ1n) is 7.93. The molecule has 0 amide bonds. The molecule has 0 bridgehead atoms. The number of carbonyl (C=O) groups excluding carboxylic acids is 3. The molecule has 0 atom stereocenters. The highest BCUT2D eigenvalue weighted by atomic mass is 16.6. The molecule has 0 N–H and O–H groups in total. The van der Waals surface area contributed by atoms with Crippen LogP contribution in [-0.2, 0) is 28.6 Å². The Morgan fingerprint density at radius 1 is 0.783 bits per heavy atom. The molecule has 0 fully saturated rings. The van der Waals surface area contributed by atoms with Crippen LogP contribution in [-0.4, -0.2) is 38.7 Å². The predicted molar refractivity (Wildman–Crippen MR) is 94.2 cm³/mol. The second-order valence-electron chi connectivity index (χ2n) is 4.10. The quantitative estimate of drug-likeness (QED) is 0.559. The Bertz CT molecular complexity index is 267. The first kappa shape index (κ1) is 33.1. The first-order valence-corrected chi connectivity index (χ1v) is 7.93. The Hall–Kier alpha value is -1.59. The fourth-order valence-electron chi connectivity index (χ4n) is 0.526. The third kappa shape index (κ3) is 38.5. The molecule has 6 heteroatoms. The molecule has 0 aromatic rings. The average molecular weight is 338 g/mol. The van der Waals surface area contributed by atoms with Gasteiger partial charge in [-0.15, -0.1) is 0 Å². The third-order valence-electron chi connectivity index (χ3n) is 1.42. The second kappa shape index (κ2) is 25.4. The van der Waals surface area contributed by atoms with Crippen molar-refractivity contribution in [2.45, 2.75) is 69.2 Å². The second-order valence-corrected chi connectivity index (χ2v) is 4.10. The zero-order chi connectivity index (χ0) is 20.1. The molecule has 0 unspecified atom stereocenters. The third-order valence-corrected chi connectivity index (χ3v) is 1.42. The van der Waals surface area contributed by atoms with Crippen LogP contribution in [0.4, 0.5) is 0 Å². The van der Waals surface area contributed by atoms with Crippen molar-refractivity contribution in [1.29, 1.82) is 0 Å². The van der Waals surface area contributed by atoms with Crippen LogP contribution < -0.4 is 0 Å². The van der Waals surface area contributed by atoms with Crippen molar-refractivity contribution in [2.75, 3.05) is 20.8 Å². The molecule has 0 aromatic carbocycles. The molecule has 0 spiro atoms. The molecule has 0 heterocycles.